The standard InChI is InChI=1S/C11H19N3O4/c1-2-12-9(15)5-6-13-11(18)14-7-3-4-8(14)10(16)17/h8H,2-7H2,1H3,(H,12,15)(H,13,18)(H,16,17). The number of nitrogens with one attached hydrogen (secondary N) is 2. The van der Waals surface area contributed by atoms with E-state index in [1.54, 1.807) is 0 Å². The highest BCUT2D eigenvalue weighted by Crippen LogP contribution is 2.17. The van der Waals surface area contributed by atoms with Crippen LogP contribution in [0.1, 0.15) is 26.2 Å². The van der Waals surface area contributed by atoms with Gasteiger partial charge >= 0.3 is 12.0 Å². The first-order valence-corrected chi connectivity index (χ1v) is 6.10. The summed E-state index contributed by atoms with van der Waals surface area (Å²) in [5, 5.41) is 14.1. The van der Waals surface area contributed by atoms with E-state index >= 15 is 0 Å². The number of hydrogen-bond acceptors (Lipinski definition) is 3. The highest BCUT2D eigenvalue weighted by molar-refractivity contribution is 5.83. The van der Waals surface area contributed by atoms with Crippen LogP contribution in [0.4, 0.5) is 4.79 Å². The van der Waals surface area contributed by atoms with Gasteiger partial charge in [-0.15, -0.1) is 0 Å². The number of likely N-dealkylation sites (tertiary alicyclic amines) is 1. The third-order valence-electron chi connectivity index (χ3n) is 2.80. The first-order chi connectivity index (χ1) is 8.56. The molecule has 0 spiro atoms. The van der Waals surface area contributed by atoms with Crippen molar-refractivity contribution in [1.29, 1.82) is 0 Å². The fraction of sp³-hybridized carbons (Fsp3) is 0.727. The smallest absolute Gasteiger partial charge is 0.326 e. The molecule has 7 nitrogen and oxygen atoms in total. The second-order valence-corrected chi connectivity index (χ2v) is 4.13. The quantitative estimate of drug-likeness (QED) is 0.633. The van der Waals surface area contributed by atoms with Gasteiger partial charge < -0.3 is 20.6 Å². The molecule has 3 N–H and O–H groups in total. The van der Waals surface area contributed by atoms with Crippen molar-refractivity contribution in [2.75, 3.05) is 19.6 Å². The van der Waals surface area contributed by atoms with E-state index < -0.39 is 18.0 Å². The number of carboxylic acid groups (broad SMARTS) is 1. The van der Waals surface area contributed by atoms with Crippen molar-refractivity contribution in [2.24, 2.45) is 0 Å². The average Bonchev–Trinajstić information content (AvgIpc) is 2.78. The van der Waals surface area contributed by atoms with E-state index in [4.69, 9.17) is 5.11 Å². The lowest BCUT2D eigenvalue weighted by molar-refractivity contribution is -0.141. The maximum Gasteiger partial charge on any atom is 0.326 e. The van der Waals surface area contributed by atoms with Crippen molar-refractivity contribution < 1.29 is 19.5 Å². The summed E-state index contributed by atoms with van der Waals surface area (Å²) in [6.45, 7) is 3.04. The van der Waals surface area contributed by atoms with Gasteiger partial charge in [0.1, 0.15) is 6.04 Å². The molecular weight excluding hydrogens is 238 g/mol. The summed E-state index contributed by atoms with van der Waals surface area (Å²) >= 11 is 0. The maximum atomic E-state index is 11.7. The number of hydrogen-bond donors (Lipinski definition) is 3. The van der Waals surface area contributed by atoms with Crippen molar-refractivity contribution in [3.63, 3.8) is 0 Å². The van der Waals surface area contributed by atoms with E-state index in [9.17, 15) is 14.4 Å². The molecule has 1 aliphatic heterocycles. The highest BCUT2D eigenvalue weighted by Gasteiger charge is 2.33. The van der Waals surface area contributed by atoms with Crippen molar-refractivity contribution in [3.8, 4) is 0 Å². The monoisotopic (exact) mass is 257 g/mol. The summed E-state index contributed by atoms with van der Waals surface area (Å²) < 4.78 is 0. The third kappa shape index (κ3) is 3.90. The van der Waals surface area contributed by atoms with Crippen LogP contribution in [-0.2, 0) is 9.59 Å². The number of rotatable bonds is 5. The fourth-order valence-corrected chi connectivity index (χ4v) is 1.94. The first-order valence-electron chi connectivity index (χ1n) is 6.10. The number of amides is 3. The summed E-state index contributed by atoms with van der Waals surface area (Å²) in [6.07, 6.45) is 1.38. The van der Waals surface area contributed by atoms with Gasteiger partial charge in [-0.2, -0.15) is 0 Å². The van der Waals surface area contributed by atoms with Crippen molar-refractivity contribution >= 4 is 17.9 Å². The number of carbonyl (C=O) groups is 3. The molecular formula is C11H19N3O4. The lowest BCUT2D eigenvalue weighted by atomic mass is 10.2. The van der Waals surface area contributed by atoms with Gasteiger partial charge in [-0.3, -0.25) is 4.79 Å². The van der Waals surface area contributed by atoms with E-state index in [1.165, 1.54) is 4.90 Å². The van der Waals surface area contributed by atoms with Gasteiger partial charge in [-0.1, -0.05) is 0 Å². The van der Waals surface area contributed by atoms with Gasteiger partial charge in [-0.05, 0) is 19.8 Å². The number of nitrogens with zero attached hydrogens (tertiary/aromatic N) is 1. The van der Waals surface area contributed by atoms with E-state index in [2.05, 4.69) is 10.6 Å². The van der Waals surface area contributed by atoms with Crippen LogP contribution in [0, 0.1) is 0 Å². The highest BCUT2D eigenvalue weighted by atomic mass is 16.4. The number of carboxylic acids is 1. The Morgan fingerprint density at radius 2 is 2.06 bits per heavy atom. The molecule has 1 aliphatic rings. The molecule has 0 aliphatic carbocycles. The molecule has 0 aromatic heterocycles. The lowest BCUT2D eigenvalue weighted by Gasteiger charge is -2.21. The van der Waals surface area contributed by atoms with Crippen LogP contribution in [0.3, 0.4) is 0 Å². The van der Waals surface area contributed by atoms with Crippen molar-refractivity contribution in [2.45, 2.75) is 32.2 Å². The second-order valence-electron chi connectivity index (χ2n) is 4.13. The molecule has 1 saturated heterocycles. The Labute approximate surface area is 106 Å². The third-order valence-corrected chi connectivity index (χ3v) is 2.80. The van der Waals surface area contributed by atoms with Gasteiger partial charge in [0.2, 0.25) is 5.91 Å². The molecule has 1 rings (SSSR count). The molecule has 1 fully saturated rings. The van der Waals surface area contributed by atoms with E-state index in [1.807, 2.05) is 6.92 Å². The first kappa shape index (κ1) is 14.3. The average molecular weight is 257 g/mol. The van der Waals surface area contributed by atoms with Crippen molar-refractivity contribution in [1.82, 2.24) is 15.5 Å². The van der Waals surface area contributed by atoms with Crippen LogP contribution in [-0.4, -0.2) is 53.6 Å². The number of aliphatic carboxylic acids is 1. The van der Waals surface area contributed by atoms with Gasteiger partial charge in [0.05, 0.1) is 0 Å². The topological polar surface area (TPSA) is 98.7 Å². The Bertz CT molecular complexity index is 332. The van der Waals surface area contributed by atoms with Crippen molar-refractivity contribution in [3.05, 3.63) is 0 Å². The zero-order valence-electron chi connectivity index (χ0n) is 10.4. The molecule has 102 valence electrons. The van der Waals surface area contributed by atoms with Gasteiger partial charge in [0, 0.05) is 26.1 Å². The van der Waals surface area contributed by atoms with Gasteiger partial charge in [0.25, 0.3) is 0 Å². The molecule has 1 atom stereocenters. The maximum absolute atomic E-state index is 11.7. The van der Waals surface area contributed by atoms with E-state index in [-0.39, 0.29) is 18.9 Å². The Morgan fingerprint density at radius 3 is 2.67 bits per heavy atom. The molecule has 0 radical (unpaired) electrons. The molecule has 1 unspecified atom stereocenters. The molecule has 3 amide bonds. The molecule has 18 heavy (non-hydrogen) atoms. The summed E-state index contributed by atoms with van der Waals surface area (Å²) in [4.78, 5) is 35.1. The SMILES string of the molecule is CCNC(=O)CCNC(=O)N1CCCC1C(=O)O. The van der Waals surface area contributed by atoms with E-state index in [0.29, 0.717) is 25.9 Å². The predicted octanol–water partition coefficient (Wildman–Crippen LogP) is -0.229. The molecule has 7 heteroatoms. The minimum Gasteiger partial charge on any atom is -0.480 e. The summed E-state index contributed by atoms with van der Waals surface area (Å²) in [6, 6.07) is -1.15. The van der Waals surface area contributed by atoms with Gasteiger partial charge in [0.15, 0.2) is 0 Å². The second kappa shape index (κ2) is 6.83. The zero-order valence-corrected chi connectivity index (χ0v) is 10.4. The van der Waals surface area contributed by atoms with Crippen LogP contribution in [0.15, 0.2) is 0 Å². The summed E-state index contributed by atoms with van der Waals surface area (Å²) in [5.74, 6) is -1.11. The Kier molecular flexibility index (Phi) is 5.41. The van der Waals surface area contributed by atoms with Crippen LogP contribution >= 0.6 is 0 Å². The summed E-state index contributed by atoms with van der Waals surface area (Å²) in [7, 11) is 0. The van der Waals surface area contributed by atoms with Crippen LogP contribution in [0.25, 0.3) is 0 Å². The number of urea groups is 1. The number of carbonyl (C=O) groups excluding carboxylic acids is 2. The van der Waals surface area contributed by atoms with Crippen LogP contribution < -0.4 is 10.6 Å². The van der Waals surface area contributed by atoms with Crippen LogP contribution in [0.2, 0.25) is 0 Å². The predicted molar refractivity (Wildman–Crippen MR) is 64.1 cm³/mol. The van der Waals surface area contributed by atoms with Crippen LogP contribution in [0.5, 0.6) is 0 Å². The Balaban J connectivity index is 2.32. The fourth-order valence-electron chi connectivity index (χ4n) is 1.94. The van der Waals surface area contributed by atoms with E-state index in [0.717, 1.165) is 0 Å². The minimum absolute atomic E-state index is 0.131. The molecule has 1 heterocycles. The minimum atomic E-state index is -0.980. The lowest BCUT2D eigenvalue weighted by Crippen LogP contribution is -2.46. The molecule has 0 bridgehead atoms. The molecule has 0 aromatic rings. The Hall–Kier alpha value is -1.79. The normalized spacial score (nSPS) is 18.5. The largest absolute Gasteiger partial charge is 0.480 e. The summed E-state index contributed by atoms with van der Waals surface area (Å²) in [5.41, 5.74) is 0. The zero-order chi connectivity index (χ0) is 13.5. The molecule has 0 saturated carbocycles. The molecule has 0 aromatic carbocycles. The van der Waals surface area contributed by atoms with Gasteiger partial charge in [-0.25, -0.2) is 9.59 Å². The Morgan fingerprint density at radius 1 is 1.33 bits per heavy atom.